The summed E-state index contributed by atoms with van der Waals surface area (Å²) in [7, 11) is -3.70. The van der Waals surface area contributed by atoms with Gasteiger partial charge in [-0.1, -0.05) is 43.6 Å². The number of anilines is 1. The van der Waals surface area contributed by atoms with Gasteiger partial charge in [-0.2, -0.15) is 0 Å². The van der Waals surface area contributed by atoms with Gasteiger partial charge in [-0.05, 0) is 43.2 Å². The van der Waals surface area contributed by atoms with Gasteiger partial charge in [0, 0.05) is 6.04 Å². The van der Waals surface area contributed by atoms with Gasteiger partial charge in [-0.25, -0.2) is 8.42 Å². The summed E-state index contributed by atoms with van der Waals surface area (Å²) in [4.78, 5) is 12.4. The smallest absolute Gasteiger partial charge is 0.261 e. The third-order valence-electron chi connectivity index (χ3n) is 3.84. The maximum absolute atomic E-state index is 12.3. The molecule has 0 aromatic heterocycles. The molecule has 0 aliphatic rings. The van der Waals surface area contributed by atoms with E-state index in [0.29, 0.717) is 11.3 Å². The van der Waals surface area contributed by atoms with Gasteiger partial charge in [-0.15, -0.1) is 0 Å². The van der Waals surface area contributed by atoms with E-state index >= 15 is 0 Å². The van der Waals surface area contributed by atoms with E-state index in [1.54, 1.807) is 18.2 Å². The van der Waals surface area contributed by atoms with Gasteiger partial charge in [0.25, 0.3) is 15.9 Å². The van der Waals surface area contributed by atoms with E-state index in [-0.39, 0.29) is 21.9 Å². The summed E-state index contributed by atoms with van der Waals surface area (Å²) in [6, 6.07) is 12.6. The van der Waals surface area contributed by atoms with E-state index in [9.17, 15) is 13.2 Å². The predicted molar refractivity (Wildman–Crippen MR) is 101 cm³/mol. The molecule has 2 N–H and O–H groups in total. The van der Waals surface area contributed by atoms with Crippen LogP contribution in [0.15, 0.2) is 53.4 Å². The molecule has 5 nitrogen and oxygen atoms in total. The maximum Gasteiger partial charge on any atom is 0.261 e. The first kappa shape index (κ1) is 19.3. The summed E-state index contributed by atoms with van der Waals surface area (Å²) in [5, 5.41) is 3.10. The second kappa shape index (κ2) is 8.36. The minimum atomic E-state index is -3.70. The Kier molecular flexibility index (Phi) is 6.45. The van der Waals surface area contributed by atoms with Gasteiger partial charge in [-0.3, -0.25) is 9.52 Å². The quantitative estimate of drug-likeness (QED) is 0.760. The topological polar surface area (TPSA) is 75.3 Å². The molecule has 2 aromatic rings. The van der Waals surface area contributed by atoms with Gasteiger partial charge >= 0.3 is 0 Å². The SMILES string of the molecule is CCC(CC)NC(=O)c1ccc(NS(=O)(=O)c2ccccc2)cc1Cl. The highest BCUT2D eigenvalue weighted by molar-refractivity contribution is 7.92. The summed E-state index contributed by atoms with van der Waals surface area (Å²) in [6.07, 6.45) is 1.66. The fourth-order valence-corrected chi connectivity index (χ4v) is 3.67. The molecule has 0 aliphatic heterocycles. The van der Waals surface area contributed by atoms with Crippen LogP contribution in [0.1, 0.15) is 37.0 Å². The van der Waals surface area contributed by atoms with Gasteiger partial charge in [0.15, 0.2) is 0 Å². The molecule has 0 bridgehead atoms. The molecule has 25 heavy (non-hydrogen) atoms. The first-order valence-electron chi connectivity index (χ1n) is 8.05. The molecule has 0 aliphatic carbocycles. The first-order chi connectivity index (χ1) is 11.9. The summed E-state index contributed by atoms with van der Waals surface area (Å²) in [5.74, 6) is -0.267. The molecular formula is C18H21ClN2O3S. The van der Waals surface area contributed by atoms with Crippen molar-refractivity contribution in [3.05, 3.63) is 59.1 Å². The third-order valence-corrected chi connectivity index (χ3v) is 5.55. The lowest BCUT2D eigenvalue weighted by molar-refractivity contribution is 0.0935. The standard InChI is InChI=1S/C18H21ClN2O3S/c1-3-13(4-2)20-18(22)16-11-10-14(12-17(16)19)21-25(23,24)15-8-6-5-7-9-15/h5-13,21H,3-4H2,1-2H3,(H,20,22). The zero-order valence-corrected chi connectivity index (χ0v) is 15.7. The highest BCUT2D eigenvalue weighted by Crippen LogP contribution is 2.23. The van der Waals surface area contributed by atoms with E-state index in [4.69, 9.17) is 11.6 Å². The largest absolute Gasteiger partial charge is 0.349 e. The number of carbonyl (C=O) groups is 1. The zero-order chi connectivity index (χ0) is 18.4. The summed E-state index contributed by atoms with van der Waals surface area (Å²) < 4.78 is 27.1. The van der Waals surface area contributed by atoms with Gasteiger partial charge < -0.3 is 5.32 Å². The lowest BCUT2D eigenvalue weighted by Gasteiger charge is -2.16. The Morgan fingerprint density at radius 2 is 1.72 bits per heavy atom. The second-order valence-electron chi connectivity index (χ2n) is 5.60. The van der Waals surface area contributed by atoms with Crippen LogP contribution in [-0.2, 0) is 10.0 Å². The zero-order valence-electron chi connectivity index (χ0n) is 14.1. The number of sulfonamides is 1. The van der Waals surface area contributed by atoms with Gasteiger partial charge in [0.2, 0.25) is 0 Å². The van der Waals surface area contributed by atoms with E-state index in [1.807, 2.05) is 13.8 Å². The minimum Gasteiger partial charge on any atom is -0.349 e. The molecule has 2 aromatic carbocycles. The number of nitrogens with one attached hydrogen (secondary N) is 2. The number of carbonyl (C=O) groups excluding carboxylic acids is 1. The number of benzene rings is 2. The third kappa shape index (κ3) is 4.96. The van der Waals surface area contributed by atoms with E-state index in [1.165, 1.54) is 30.3 Å². The second-order valence-corrected chi connectivity index (χ2v) is 7.69. The number of amides is 1. The van der Waals surface area contributed by atoms with Crippen molar-refractivity contribution in [2.24, 2.45) is 0 Å². The van der Waals surface area contributed by atoms with Crippen LogP contribution >= 0.6 is 11.6 Å². The fourth-order valence-electron chi connectivity index (χ4n) is 2.33. The lowest BCUT2D eigenvalue weighted by Crippen LogP contribution is -2.33. The van der Waals surface area contributed by atoms with Crippen LogP contribution in [0.2, 0.25) is 5.02 Å². The molecule has 134 valence electrons. The van der Waals surface area contributed by atoms with Crippen LogP contribution in [0.4, 0.5) is 5.69 Å². The van der Waals surface area contributed by atoms with Crippen LogP contribution in [-0.4, -0.2) is 20.4 Å². The van der Waals surface area contributed by atoms with Crippen molar-refractivity contribution in [1.29, 1.82) is 0 Å². The monoisotopic (exact) mass is 380 g/mol. The molecule has 0 radical (unpaired) electrons. The first-order valence-corrected chi connectivity index (χ1v) is 9.91. The Morgan fingerprint density at radius 1 is 1.08 bits per heavy atom. The van der Waals surface area contributed by atoms with Crippen molar-refractivity contribution in [1.82, 2.24) is 5.32 Å². The van der Waals surface area contributed by atoms with E-state index < -0.39 is 10.0 Å². The number of rotatable bonds is 7. The normalized spacial score (nSPS) is 11.4. The molecule has 2 rings (SSSR count). The summed E-state index contributed by atoms with van der Waals surface area (Å²) in [5.41, 5.74) is 0.615. The average molecular weight is 381 g/mol. The predicted octanol–water partition coefficient (Wildman–Crippen LogP) is 4.06. The molecule has 0 saturated carbocycles. The van der Waals surface area contributed by atoms with Crippen LogP contribution in [0.5, 0.6) is 0 Å². The van der Waals surface area contributed by atoms with Crippen molar-refractivity contribution in [2.75, 3.05) is 4.72 Å². The number of halogens is 1. The average Bonchev–Trinajstić information content (AvgIpc) is 2.60. The van der Waals surface area contributed by atoms with Gasteiger partial charge in [0.1, 0.15) is 0 Å². The Bertz CT molecular complexity index is 835. The van der Waals surface area contributed by atoms with Crippen molar-refractivity contribution >= 4 is 33.2 Å². The molecule has 1 amide bonds. The Hall–Kier alpha value is -2.05. The van der Waals surface area contributed by atoms with Crippen LogP contribution in [0.3, 0.4) is 0 Å². The van der Waals surface area contributed by atoms with Gasteiger partial charge in [0.05, 0.1) is 21.2 Å². The summed E-state index contributed by atoms with van der Waals surface area (Å²) in [6.45, 7) is 4.00. The van der Waals surface area contributed by atoms with Crippen LogP contribution in [0, 0.1) is 0 Å². The van der Waals surface area contributed by atoms with Crippen molar-refractivity contribution in [3.63, 3.8) is 0 Å². The number of hydrogen-bond donors (Lipinski definition) is 2. The van der Waals surface area contributed by atoms with E-state index in [0.717, 1.165) is 12.8 Å². The van der Waals surface area contributed by atoms with Crippen LogP contribution in [0.25, 0.3) is 0 Å². The molecule has 0 saturated heterocycles. The van der Waals surface area contributed by atoms with E-state index in [2.05, 4.69) is 10.0 Å². The number of hydrogen-bond acceptors (Lipinski definition) is 3. The fraction of sp³-hybridized carbons (Fsp3) is 0.278. The highest BCUT2D eigenvalue weighted by atomic mass is 35.5. The molecule has 0 fully saturated rings. The Morgan fingerprint density at radius 3 is 2.28 bits per heavy atom. The summed E-state index contributed by atoms with van der Waals surface area (Å²) >= 11 is 6.17. The molecular weight excluding hydrogens is 360 g/mol. The Labute approximate surface area is 153 Å². The van der Waals surface area contributed by atoms with Crippen molar-refractivity contribution in [3.8, 4) is 0 Å². The maximum atomic E-state index is 12.3. The minimum absolute atomic E-state index is 0.0832. The molecule has 0 atom stereocenters. The molecule has 0 spiro atoms. The molecule has 7 heteroatoms. The van der Waals surface area contributed by atoms with Crippen molar-refractivity contribution < 1.29 is 13.2 Å². The molecule has 0 heterocycles. The highest BCUT2D eigenvalue weighted by Gasteiger charge is 2.17. The van der Waals surface area contributed by atoms with Crippen molar-refractivity contribution in [2.45, 2.75) is 37.6 Å². The van der Waals surface area contributed by atoms with Crippen LogP contribution < -0.4 is 10.0 Å². The Balaban J connectivity index is 2.18. The lowest BCUT2D eigenvalue weighted by atomic mass is 10.1. The molecule has 0 unspecified atom stereocenters.